The van der Waals surface area contributed by atoms with Crippen LogP contribution < -0.4 is 15.2 Å². The van der Waals surface area contributed by atoms with E-state index in [1.165, 1.54) is 6.26 Å². The highest BCUT2D eigenvalue weighted by atomic mass is 32.2. The van der Waals surface area contributed by atoms with Crippen LogP contribution in [0.3, 0.4) is 0 Å². The lowest BCUT2D eigenvalue weighted by Crippen LogP contribution is -2.46. The topological polar surface area (TPSA) is 156 Å². The number of rotatable bonds is 16. The van der Waals surface area contributed by atoms with Gasteiger partial charge in [-0.1, -0.05) is 19.3 Å². The van der Waals surface area contributed by atoms with Gasteiger partial charge in [0.1, 0.15) is 33.5 Å². The highest BCUT2D eigenvalue weighted by molar-refractivity contribution is 7.90. The number of hydrogen-bond donors (Lipinski definition) is 2. The maximum absolute atomic E-state index is 12.0. The number of unbranched alkanes of at least 4 members (excludes halogenated alkanes) is 4. The fourth-order valence-corrected chi connectivity index (χ4v) is 6.41. The summed E-state index contributed by atoms with van der Waals surface area (Å²) in [6, 6.07) is 5.64. The number of nitrogen functional groups attached to an aromatic ring is 1. The third kappa shape index (κ3) is 9.30. The predicted octanol–water partition coefficient (Wildman–Crippen LogP) is 3.40. The van der Waals surface area contributed by atoms with E-state index < -0.39 is 25.4 Å². The van der Waals surface area contributed by atoms with E-state index in [2.05, 4.69) is 9.71 Å². The first kappa shape index (κ1) is 31.1. The molecule has 1 aromatic carbocycles. The zero-order valence-electron chi connectivity index (χ0n) is 23.5. The van der Waals surface area contributed by atoms with Gasteiger partial charge in [-0.2, -0.15) is 0 Å². The smallest absolute Gasteiger partial charge is 0.209 e. The van der Waals surface area contributed by atoms with E-state index in [9.17, 15) is 16.8 Å². The minimum Gasteiger partial charge on any atom is -0.494 e. The third-order valence-corrected chi connectivity index (χ3v) is 8.09. The Labute approximate surface area is 231 Å². The lowest BCUT2D eigenvalue weighted by atomic mass is 10.1. The molecule has 13 heteroatoms. The van der Waals surface area contributed by atoms with E-state index in [1.54, 1.807) is 0 Å². The number of benzene rings is 1. The molecular weight excluding hydrogens is 542 g/mol. The minimum absolute atomic E-state index is 0.238. The summed E-state index contributed by atoms with van der Waals surface area (Å²) < 4.78 is 62.6. The number of nitrogens with zero attached hydrogens (tertiary/aromatic N) is 3. The van der Waals surface area contributed by atoms with Crippen LogP contribution in [0.5, 0.6) is 5.75 Å². The van der Waals surface area contributed by atoms with E-state index in [0.717, 1.165) is 42.8 Å². The molecule has 0 spiro atoms. The Bertz CT molecular complexity index is 1500. The van der Waals surface area contributed by atoms with E-state index in [0.29, 0.717) is 48.8 Å². The van der Waals surface area contributed by atoms with Gasteiger partial charge < -0.3 is 19.8 Å². The molecule has 3 rings (SSSR count). The van der Waals surface area contributed by atoms with Crippen molar-refractivity contribution in [3.63, 3.8) is 0 Å². The second-order valence-electron chi connectivity index (χ2n) is 10.6. The van der Waals surface area contributed by atoms with Crippen LogP contribution in [0.15, 0.2) is 18.2 Å². The van der Waals surface area contributed by atoms with Crippen LogP contribution in [-0.4, -0.2) is 68.4 Å². The van der Waals surface area contributed by atoms with Gasteiger partial charge >= 0.3 is 0 Å². The maximum atomic E-state index is 12.0. The summed E-state index contributed by atoms with van der Waals surface area (Å²) >= 11 is 0. The molecule has 2 heterocycles. The van der Waals surface area contributed by atoms with Crippen LogP contribution in [0.1, 0.15) is 58.7 Å². The molecule has 3 N–H and O–H groups in total. The molecule has 0 saturated carbocycles. The van der Waals surface area contributed by atoms with Crippen molar-refractivity contribution in [1.82, 2.24) is 19.3 Å². The molecule has 11 nitrogen and oxygen atoms in total. The number of hydrogen-bond acceptors (Lipinski definition) is 9. The van der Waals surface area contributed by atoms with Gasteiger partial charge in [0.15, 0.2) is 5.82 Å². The average Bonchev–Trinajstić information content (AvgIpc) is 3.15. The molecule has 0 bridgehead atoms. The second kappa shape index (κ2) is 12.8. The van der Waals surface area contributed by atoms with Crippen LogP contribution in [0.2, 0.25) is 0 Å². The minimum atomic E-state index is -3.44. The molecular formula is C26H41N5O6S2. The van der Waals surface area contributed by atoms with Crippen LogP contribution in [0, 0.1) is 0 Å². The molecule has 0 atom stereocenters. The quantitative estimate of drug-likeness (QED) is 0.241. The molecule has 0 amide bonds. The first-order valence-electron chi connectivity index (χ1n) is 13.1. The van der Waals surface area contributed by atoms with E-state index in [4.69, 9.17) is 20.2 Å². The summed E-state index contributed by atoms with van der Waals surface area (Å²) in [5.41, 5.74) is 7.48. The molecule has 3 aromatic rings. The van der Waals surface area contributed by atoms with Gasteiger partial charge in [-0.15, -0.1) is 0 Å². The third-order valence-electron chi connectivity index (χ3n) is 6.13. The van der Waals surface area contributed by atoms with Gasteiger partial charge in [-0.25, -0.2) is 31.5 Å². The number of anilines is 1. The molecule has 39 heavy (non-hydrogen) atoms. The van der Waals surface area contributed by atoms with Crippen molar-refractivity contribution in [2.24, 2.45) is 0 Å². The Morgan fingerprint density at radius 3 is 2.38 bits per heavy atom. The summed E-state index contributed by atoms with van der Waals surface area (Å²) in [7, 11) is -6.33. The number of aromatic nitrogens is 3. The molecule has 0 fully saturated rings. The van der Waals surface area contributed by atoms with Crippen molar-refractivity contribution in [2.45, 2.75) is 71.6 Å². The first-order chi connectivity index (χ1) is 18.2. The lowest BCUT2D eigenvalue weighted by Gasteiger charge is -2.27. The van der Waals surface area contributed by atoms with Crippen molar-refractivity contribution >= 4 is 47.6 Å². The summed E-state index contributed by atoms with van der Waals surface area (Å²) in [5, 5.41) is 0.822. The molecule has 0 aliphatic rings. The van der Waals surface area contributed by atoms with Crippen LogP contribution >= 0.6 is 0 Å². The summed E-state index contributed by atoms with van der Waals surface area (Å²) in [5.74, 6) is 1.81. The number of sulfone groups is 1. The Balaban J connectivity index is 1.81. The highest BCUT2D eigenvalue weighted by Crippen LogP contribution is 2.32. The monoisotopic (exact) mass is 583 g/mol. The summed E-state index contributed by atoms with van der Waals surface area (Å²) in [6.45, 7) is 7.12. The van der Waals surface area contributed by atoms with E-state index >= 15 is 0 Å². The van der Waals surface area contributed by atoms with Gasteiger partial charge in [0, 0.05) is 42.2 Å². The van der Waals surface area contributed by atoms with Gasteiger partial charge in [-0.3, -0.25) is 0 Å². The Hall–Kier alpha value is -2.48. The largest absolute Gasteiger partial charge is 0.494 e. The SMILES string of the molecule is CCOCc1nc2c(N)nc3cc(OCCCCCCCS(C)(=O)=O)ccc3c2n1CC(C)(C)NS(C)(=O)=O. The molecule has 0 aliphatic carbocycles. The molecule has 218 valence electrons. The predicted molar refractivity (Wildman–Crippen MR) is 155 cm³/mol. The summed E-state index contributed by atoms with van der Waals surface area (Å²) in [6.07, 6.45) is 6.77. The van der Waals surface area contributed by atoms with Gasteiger partial charge in [0.2, 0.25) is 10.0 Å². The molecule has 2 aromatic heterocycles. The van der Waals surface area contributed by atoms with Gasteiger partial charge in [-0.05, 0) is 45.7 Å². The zero-order valence-corrected chi connectivity index (χ0v) is 25.1. The number of imidazole rings is 1. The lowest BCUT2D eigenvalue weighted by molar-refractivity contribution is 0.125. The number of ether oxygens (including phenoxy) is 2. The zero-order chi connectivity index (χ0) is 28.8. The molecule has 0 radical (unpaired) electrons. The Morgan fingerprint density at radius 1 is 1.03 bits per heavy atom. The Morgan fingerprint density at radius 2 is 1.72 bits per heavy atom. The van der Waals surface area contributed by atoms with Crippen LogP contribution in [0.25, 0.3) is 21.9 Å². The molecule has 0 saturated heterocycles. The van der Waals surface area contributed by atoms with E-state index in [-0.39, 0.29) is 18.2 Å². The number of nitrogens with one attached hydrogen (secondary N) is 1. The fourth-order valence-electron chi connectivity index (χ4n) is 4.62. The maximum Gasteiger partial charge on any atom is 0.209 e. The van der Waals surface area contributed by atoms with Crippen LogP contribution in [-0.2, 0) is 37.7 Å². The Kier molecular flexibility index (Phi) is 10.2. The van der Waals surface area contributed by atoms with Crippen molar-refractivity contribution < 1.29 is 26.3 Å². The number of pyridine rings is 1. The number of nitrogens with two attached hydrogens (primary N) is 1. The van der Waals surface area contributed by atoms with Crippen molar-refractivity contribution in [3.05, 3.63) is 24.0 Å². The average molecular weight is 584 g/mol. The fraction of sp³-hybridized carbons (Fsp3) is 0.615. The molecule has 0 aliphatic heterocycles. The van der Waals surface area contributed by atoms with Gasteiger partial charge in [0.25, 0.3) is 0 Å². The number of fused-ring (bicyclic) bond motifs is 3. The standard InChI is InChI=1S/C26H41N5O6S2/c1-6-36-17-22-29-23-24(31(22)18-26(2,3)30-39(5,34)35)20-13-12-19(16-21(20)28-25(23)27)37-14-10-8-7-9-11-15-38(4,32)33/h12-13,16,30H,6-11,14-15,17-18H2,1-5H3,(H2,27,28). The van der Waals surface area contributed by atoms with Gasteiger partial charge in [0.05, 0.1) is 23.9 Å². The van der Waals surface area contributed by atoms with Crippen molar-refractivity contribution in [2.75, 3.05) is 37.2 Å². The first-order valence-corrected chi connectivity index (χ1v) is 17.1. The normalized spacial score (nSPS) is 12.9. The van der Waals surface area contributed by atoms with Crippen molar-refractivity contribution in [1.29, 1.82) is 0 Å². The van der Waals surface area contributed by atoms with Crippen LogP contribution in [0.4, 0.5) is 5.82 Å². The second-order valence-corrected chi connectivity index (χ2v) is 14.6. The molecule has 0 unspecified atom stereocenters. The van der Waals surface area contributed by atoms with Crippen molar-refractivity contribution in [3.8, 4) is 5.75 Å². The summed E-state index contributed by atoms with van der Waals surface area (Å²) in [4.78, 5) is 9.29. The van der Waals surface area contributed by atoms with E-state index in [1.807, 2.05) is 43.5 Å². The number of sulfonamides is 1. The highest BCUT2D eigenvalue weighted by Gasteiger charge is 2.27.